The lowest BCUT2D eigenvalue weighted by Crippen LogP contribution is -2.48. The lowest BCUT2D eigenvalue weighted by molar-refractivity contribution is -0.152. The second kappa shape index (κ2) is 10.1. The first-order chi connectivity index (χ1) is 9.79. The highest BCUT2D eigenvalue weighted by Crippen LogP contribution is 2.17. The van der Waals surface area contributed by atoms with Crippen molar-refractivity contribution in [2.45, 2.75) is 72.1 Å². The van der Waals surface area contributed by atoms with Crippen LogP contribution >= 0.6 is 12.4 Å². The highest BCUT2D eigenvalue weighted by Gasteiger charge is 2.29. The highest BCUT2D eigenvalue weighted by molar-refractivity contribution is 5.86. The van der Waals surface area contributed by atoms with E-state index in [1.54, 1.807) is 0 Å². The Labute approximate surface area is 140 Å². The van der Waals surface area contributed by atoms with Crippen LogP contribution in [0.15, 0.2) is 0 Å². The number of carbonyl (C=O) groups is 2. The van der Waals surface area contributed by atoms with Crippen molar-refractivity contribution in [1.29, 1.82) is 0 Å². The smallest absolute Gasteiger partial charge is 0.328 e. The van der Waals surface area contributed by atoms with Crippen LogP contribution < -0.4 is 10.6 Å². The van der Waals surface area contributed by atoms with Crippen molar-refractivity contribution < 1.29 is 14.3 Å². The number of rotatable bonds is 6. The zero-order chi connectivity index (χ0) is 16.0. The van der Waals surface area contributed by atoms with Crippen molar-refractivity contribution >= 4 is 24.3 Å². The van der Waals surface area contributed by atoms with Gasteiger partial charge >= 0.3 is 5.97 Å². The van der Waals surface area contributed by atoms with Crippen LogP contribution in [-0.4, -0.2) is 36.6 Å². The molecule has 1 heterocycles. The molecule has 1 amide bonds. The molecule has 1 rings (SSSR count). The largest absolute Gasteiger partial charge is 0.461 e. The van der Waals surface area contributed by atoms with Crippen LogP contribution in [0.3, 0.4) is 0 Å². The van der Waals surface area contributed by atoms with Gasteiger partial charge in [-0.3, -0.25) is 4.79 Å². The standard InChI is InChI=1S/C16H30N2O3.ClH/c1-10(2)8-14(16(20)21-11(3)4)18-15(19)13-6-7-17-12(5)9-13;/h10-14,17H,6-9H2,1-5H3,(H,18,19);1H/t12-,13-,14-;/m0./s1. The number of carbonyl (C=O) groups excluding carboxylic acids is 2. The summed E-state index contributed by atoms with van der Waals surface area (Å²) >= 11 is 0. The van der Waals surface area contributed by atoms with E-state index in [0.717, 1.165) is 19.4 Å². The SMILES string of the molecule is CC(C)C[C@H](NC(=O)[C@H]1CCN[C@@H](C)C1)C(=O)OC(C)C.Cl. The molecule has 0 aromatic carbocycles. The topological polar surface area (TPSA) is 67.4 Å². The first-order valence-electron chi connectivity index (χ1n) is 8.03. The van der Waals surface area contributed by atoms with Gasteiger partial charge in [0.1, 0.15) is 6.04 Å². The third-order valence-electron chi connectivity index (χ3n) is 3.65. The molecule has 1 aliphatic rings. The minimum atomic E-state index is -0.537. The van der Waals surface area contributed by atoms with Crippen LogP contribution in [0.5, 0.6) is 0 Å². The molecular weight excluding hydrogens is 304 g/mol. The van der Waals surface area contributed by atoms with E-state index in [1.165, 1.54) is 0 Å². The fraction of sp³-hybridized carbons (Fsp3) is 0.875. The molecule has 0 saturated carbocycles. The van der Waals surface area contributed by atoms with E-state index in [2.05, 4.69) is 17.6 Å². The summed E-state index contributed by atoms with van der Waals surface area (Å²) in [6, 6.07) is -0.189. The molecule has 22 heavy (non-hydrogen) atoms. The van der Waals surface area contributed by atoms with Crippen molar-refractivity contribution in [3.05, 3.63) is 0 Å². The van der Waals surface area contributed by atoms with Crippen LogP contribution in [0.1, 0.15) is 53.9 Å². The Bertz CT molecular complexity index is 361. The van der Waals surface area contributed by atoms with E-state index < -0.39 is 6.04 Å². The fourth-order valence-electron chi connectivity index (χ4n) is 2.66. The average molecular weight is 335 g/mol. The molecule has 130 valence electrons. The van der Waals surface area contributed by atoms with Gasteiger partial charge in [-0.2, -0.15) is 0 Å². The summed E-state index contributed by atoms with van der Waals surface area (Å²) < 4.78 is 5.26. The van der Waals surface area contributed by atoms with E-state index in [-0.39, 0.29) is 36.3 Å². The predicted molar refractivity (Wildman–Crippen MR) is 90.1 cm³/mol. The summed E-state index contributed by atoms with van der Waals surface area (Å²) in [5, 5.41) is 6.23. The Morgan fingerprint density at radius 3 is 2.41 bits per heavy atom. The quantitative estimate of drug-likeness (QED) is 0.731. The van der Waals surface area contributed by atoms with Gasteiger partial charge in [0.2, 0.25) is 5.91 Å². The molecule has 0 aromatic rings. The minimum absolute atomic E-state index is 0. The molecule has 5 nitrogen and oxygen atoms in total. The minimum Gasteiger partial charge on any atom is -0.461 e. The summed E-state index contributed by atoms with van der Waals surface area (Å²) in [7, 11) is 0. The van der Waals surface area contributed by atoms with Crippen LogP contribution in [0.4, 0.5) is 0 Å². The van der Waals surface area contributed by atoms with Crippen LogP contribution in [-0.2, 0) is 14.3 Å². The summed E-state index contributed by atoms with van der Waals surface area (Å²) in [4.78, 5) is 24.5. The van der Waals surface area contributed by atoms with E-state index in [4.69, 9.17) is 4.74 Å². The second-order valence-electron chi connectivity index (χ2n) is 6.75. The van der Waals surface area contributed by atoms with Gasteiger partial charge in [-0.1, -0.05) is 13.8 Å². The van der Waals surface area contributed by atoms with Gasteiger partial charge in [-0.25, -0.2) is 4.79 Å². The Balaban J connectivity index is 0.00000441. The van der Waals surface area contributed by atoms with Crippen molar-refractivity contribution in [2.75, 3.05) is 6.54 Å². The monoisotopic (exact) mass is 334 g/mol. The van der Waals surface area contributed by atoms with Gasteiger partial charge in [0.25, 0.3) is 0 Å². The Kier molecular flexibility index (Phi) is 9.69. The Hall–Kier alpha value is -0.810. The Morgan fingerprint density at radius 1 is 1.27 bits per heavy atom. The van der Waals surface area contributed by atoms with E-state index in [9.17, 15) is 9.59 Å². The van der Waals surface area contributed by atoms with Crippen molar-refractivity contribution in [2.24, 2.45) is 11.8 Å². The van der Waals surface area contributed by atoms with Gasteiger partial charge in [0.05, 0.1) is 6.10 Å². The van der Waals surface area contributed by atoms with E-state index >= 15 is 0 Å². The number of esters is 1. The fourth-order valence-corrected chi connectivity index (χ4v) is 2.66. The molecule has 0 aliphatic carbocycles. The van der Waals surface area contributed by atoms with Gasteiger partial charge in [0, 0.05) is 12.0 Å². The molecule has 0 radical (unpaired) electrons. The van der Waals surface area contributed by atoms with Crippen molar-refractivity contribution in [1.82, 2.24) is 10.6 Å². The zero-order valence-corrected chi connectivity index (χ0v) is 15.2. The van der Waals surface area contributed by atoms with E-state index in [1.807, 2.05) is 27.7 Å². The number of piperidine rings is 1. The number of amides is 1. The molecule has 2 N–H and O–H groups in total. The number of ether oxygens (including phenoxy) is 1. The number of halogens is 1. The molecule has 0 unspecified atom stereocenters. The molecule has 0 bridgehead atoms. The normalized spacial score (nSPS) is 22.9. The molecular formula is C16H31ClN2O3. The number of hydrogen-bond acceptors (Lipinski definition) is 4. The summed E-state index contributed by atoms with van der Waals surface area (Å²) in [5.74, 6) is -0.0338. The van der Waals surface area contributed by atoms with E-state index in [0.29, 0.717) is 18.4 Å². The lowest BCUT2D eigenvalue weighted by atomic mass is 9.92. The van der Waals surface area contributed by atoms with Crippen LogP contribution in [0.25, 0.3) is 0 Å². The molecule has 6 heteroatoms. The van der Waals surface area contributed by atoms with Gasteiger partial charge < -0.3 is 15.4 Å². The van der Waals surface area contributed by atoms with Crippen LogP contribution in [0.2, 0.25) is 0 Å². The number of hydrogen-bond donors (Lipinski definition) is 2. The molecule has 1 aliphatic heterocycles. The first kappa shape index (κ1) is 21.2. The molecule has 1 saturated heterocycles. The second-order valence-corrected chi connectivity index (χ2v) is 6.75. The van der Waals surface area contributed by atoms with Crippen molar-refractivity contribution in [3.8, 4) is 0 Å². The third kappa shape index (κ3) is 7.45. The first-order valence-corrected chi connectivity index (χ1v) is 8.03. The predicted octanol–water partition coefficient (Wildman–Crippen LogP) is 2.28. The third-order valence-corrected chi connectivity index (χ3v) is 3.65. The summed E-state index contributed by atoms with van der Waals surface area (Å²) in [5.41, 5.74) is 0. The maximum Gasteiger partial charge on any atom is 0.328 e. The summed E-state index contributed by atoms with van der Waals surface area (Å²) in [6.07, 6.45) is 2.09. The number of nitrogens with one attached hydrogen (secondary N) is 2. The highest BCUT2D eigenvalue weighted by atomic mass is 35.5. The lowest BCUT2D eigenvalue weighted by Gasteiger charge is -2.29. The summed E-state index contributed by atoms with van der Waals surface area (Å²) in [6.45, 7) is 10.6. The maximum atomic E-state index is 12.4. The van der Waals surface area contributed by atoms with Gasteiger partial charge in [0.15, 0.2) is 0 Å². The zero-order valence-electron chi connectivity index (χ0n) is 14.3. The molecule has 3 atom stereocenters. The van der Waals surface area contributed by atoms with Gasteiger partial charge in [-0.15, -0.1) is 12.4 Å². The van der Waals surface area contributed by atoms with Crippen LogP contribution in [0, 0.1) is 11.8 Å². The molecule has 0 aromatic heterocycles. The maximum absolute atomic E-state index is 12.4. The van der Waals surface area contributed by atoms with Gasteiger partial charge in [-0.05, 0) is 52.5 Å². The Morgan fingerprint density at radius 2 is 1.91 bits per heavy atom. The molecule has 1 fully saturated rings. The van der Waals surface area contributed by atoms with Crippen molar-refractivity contribution in [3.63, 3.8) is 0 Å². The molecule has 0 spiro atoms. The average Bonchev–Trinajstić information content (AvgIpc) is 2.36.